The van der Waals surface area contributed by atoms with Crippen molar-refractivity contribution in [1.29, 1.82) is 0 Å². The third-order valence-corrected chi connectivity index (χ3v) is 1.70. The van der Waals surface area contributed by atoms with Crippen molar-refractivity contribution in [2.75, 3.05) is 0 Å². The molecular weight excluding hydrogens is 172 g/mol. The van der Waals surface area contributed by atoms with Crippen LogP contribution in [0, 0.1) is 5.92 Å². The van der Waals surface area contributed by atoms with E-state index in [1.54, 1.807) is 0 Å². The Morgan fingerprint density at radius 2 is 2.08 bits per heavy atom. The minimum absolute atomic E-state index is 0.220. The Hall–Kier alpha value is -0.300. The fourth-order valence-electron chi connectivity index (χ4n) is 0.895. The Bertz CT molecular complexity index is 150. The number of unbranched alkanes of at least 4 members (excludes halogenated alkanes) is 2. The maximum atomic E-state index is 10.3. The third kappa shape index (κ3) is 9.70. The lowest BCUT2D eigenvalue weighted by atomic mass is 10.1. The van der Waals surface area contributed by atoms with Crippen LogP contribution in [0.15, 0.2) is 12.2 Å². The zero-order valence-electron chi connectivity index (χ0n) is 7.85. The molecule has 0 aromatic heterocycles. The van der Waals surface area contributed by atoms with E-state index in [-0.39, 0.29) is 5.24 Å². The van der Waals surface area contributed by atoms with Gasteiger partial charge in [-0.25, -0.2) is 0 Å². The number of allylic oxidation sites excluding steroid dienone is 2. The third-order valence-electron chi connectivity index (χ3n) is 1.52. The molecule has 0 saturated carbocycles. The Kier molecular flexibility index (Phi) is 7.17. The average molecular weight is 189 g/mol. The Morgan fingerprint density at radius 1 is 1.42 bits per heavy atom. The second kappa shape index (κ2) is 7.35. The van der Waals surface area contributed by atoms with E-state index in [1.165, 1.54) is 0 Å². The van der Waals surface area contributed by atoms with Gasteiger partial charge in [-0.1, -0.05) is 26.0 Å². The van der Waals surface area contributed by atoms with Gasteiger partial charge in [0.25, 0.3) is 0 Å². The van der Waals surface area contributed by atoms with Crippen LogP contribution in [0.3, 0.4) is 0 Å². The Balaban J connectivity index is 3.16. The van der Waals surface area contributed by atoms with Gasteiger partial charge in [-0.3, -0.25) is 4.79 Å². The molecule has 0 aliphatic rings. The lowest BCUT2D eigenvalue weighted by Crippen LogP contribution is -1.85. The summed E-state index contributed by atoms with van der Waals surface area (Å²) in [5.74, 6) is 0.625. The summed E-state index contributed by atoms with van der Waals surface area (Å²) >= 11 is 5.18. The first kappa shape index (κ1) is 11.7. The van der Waals surface area contributed by atoms with Gasteiger partial charge in [-0.2, -0.15) is 0 Å². The summed E-state index contributed by atoms with van der Waals surface area (Å²) in [6.07, 6.45) is 7.89. The van der Waals surface area contributed by atoms with Crippen molar-refractivity contribution in [2.24, 2.45) is 5.92 Å². The molecule has 0 saturated heterocycles. The Morgan fingerprint density at radius 3 is 2.58 bits per heavy atom. The molecular formula is C10H17ClO. The quantitative estimate of drug-likeness (QED) is 0.354. The highest BCUT2D eigenvalue weighted by Crippen LogP contribution is 2.04. The molecule has 0 atom stereocenters. The number of rotatable bonds is 6. The fourth-order valence-corrected chi connectivity index (χ4v) is 1.03. The summed E-state index contributed by atoms with van der Waals surface area (Å²) in [4.78, 5) is 10.3. The molecule has 0 heterocycles. The number of halogens is 1. The van der Waals surface area contributed by atoms with Gasteiger partial charge in [-0.15, -0.1) is 0 Å². The summed E-state index contributed by atoms with van der Waals surface area (Å²) < 4.78 is 0. The summed E-state index contributed by atoms with van der Waals surface area (Å²) in [5, 5.41) is -0.220. The predicted molar refractivity (Wildman–Crippen MR) is 53.3 cm³/mol. The van der Waals surface area contributed by atoms with E-state index in [4.69, 9.17) is 11.6 Å². The number of hydrogen-bond donors (Lipinski definition) is 0. The van der Waals surface area contributed by atoms with Gasteiger partial charge in [0.05, 0.1) is 0 Å². The number of hydrogen-bond acceptors (Lipinski definition) is 1. The van der Waals surface area contributed by atoms with E-state index in [9.17, 15) is 4.79 Å². The monoisotopic (exact) mass is 188 g/mol. The average Bonchev–Trinajstić information content (AvgIpc) is 1.95. The molecule has 1 nitrogen and oxygen atoms in total. The van der Waals surface area contributed by atoms with E-state index in [0.29, 0.717) is 12.3 Å². The zero-order chi connectivity index (χ0) is 9.40. The highest BCUT2D eigenvalue weighted by molar-refractivity contribution is 6.63. The molecule has 2 heteroatoms. The van der Waals surface area contributed by atoms with Crippen LogP contribution in [0.25, 0.3) is 0 Å². The molecule has 70 valence electrons. The van der Waals surface area contributed by atoms with Crippen molar-refractivity contribution >= 4 is 16.8 Å². The molecule has 12 heavy (non-hydrogen) atoms. The molecule has 0 fully saturated rings. The molecule has 0 spiro atoms. The van der Waals surface area contributed by atoms with Gasteiger partial charge in [0, 0.05) is 6.42 Å². The van der Waals surface area contributed by atoms with E-state index in [2.05, 4.69) is 26.0 Å². The highest BCUT2D eigenvalue weighted by atomic mass is 35.5. The minimum atomic E-state index is -0.220. The maximum Gasteiger partial charge on any atom is 0.221 e. The van der Waals surface area contributed by atoms with Gasteiger partial charge in [0.1, 0.15) is 0 Å². The normalized spacial score (nSPS) is 11.3. The number of carbonyl (C=O) groups is 1. The first-order valence-corrected chi connectivity index (χ1v) is 4.85. The molecule has 0 aliphatic carbocycles. The Labute approximate surface area is 79.8 Å². The molecule has 0 amide bonds. The maximum absolute atomic E-state index is 10.3. The van der Waals surface area contributed by atoms with Crippen LogP contribution >= 0.6 is 11.6 Å². The second-order valence-electron chi connectivity index (χ2n) is 3.27. The van der Waals surface area contributed by atoms with Crippen molar-refractivity contribution in [3.8, 4) is 0 Å². The van der Waals surface area contributed by atoms with Gasteiger partial charge in [0.2, 0.25) is 5.24 Å². The van der Waals surface area contributed by atoms with Gasteiger partial charge in [-0.05, 0) is 36.8 Å². The molecule has 0 bridgehead atoms. The second-order valence-corrected chi connectivity index (χ2v) is 3.69. The largest absolute Gasteiger partial charge is 0.281 e. The molecule has 0 rings (SSSR count). The van der Waals surface area contributed by atoms with Crippen LogP contribution in [0.4, 0.5) is 0 Å². The molecule has 0 aromatic carbocycles. The molecule has 0 radical (unpaired) electrons. The van der Waals surface area contributed by atoms with Crippen LogP contribution in [0.2, 0.25) is 0 Å². The first-order chi connectivity index (χ1) is 5.63. The number of carbonyl (C=O) groups excluding carboxylic acids is 1. The van der Waals surface area contributed by atoms with Crippen LogP contribution in [-0.4, -0.2) is 5.24 Å². The van der Waals surface area contributed by atoms with Gasteiger partial charge < -0.3 is 0 Å². The lowest BCUT2D eigenvalue weighted by Gasteiger charge is -1.94. The fraction of sp³-hybridized carbons (Fsp3) is 0.700. The van der Waals surface area contributed by atoms with Crippen LogP contribution in [0.5, 0.6) is 0 Å². The van der Waals surface area contributed by atoms with Gasteiger partial charge >= 0.3 is 0 Å². The zero-order valence-corrected chi connectivity index (χ0v) is 8.60. The van der Waals surface area contributed by atoms with Crippen LogP contribution < -0.4 is 0 Å². The van der Waals surface area contributed by atoms with Crippen LogP contribution in [0.1, 0.15) is 39.5 Å². The van der Waals surface area contributed by atoms with E-state index >= 15 is 0 Å². The van der Waals surface area contributed by atoms with Crippen molar-refractivity contribution in [3.05, 3.63) is 12.2 Å². The first-order valence-electron chi connectivity index (χ1n) is 4.48. The molecule has 0 aliphatic heterocycles. The molecule has 0 N–H and O–H groups in total. The van der Waals surface area contributed by atoms with Crippen molar-refractivity contribution in [3.63, 3.8) is 0 Å². The smallest absolute Gasteiger partial charge is 0.221 e. The van der Waals surface area contributed by atoms with E-state index in [0.717, 1.165) is 19.3 Å². The predicted octanol–water partition coefficient (Wildman–Crippen LogP) is 3.52. The summed E-state index contributed by atoms with van der Waals surface area (Å²) in [5.41, 5.74) is 0. The van der Waals surface area contributed by atoms with Crippen molar-refractivity contribution in [2.45, 2.75) is 39.5 Å². The lowest BCUT2D eigenvalue weighted by molar-refractivity contribution is -0.111. The van der Waals surface area contributed by atoms with E-state index < -0.39 is 0 Å². The van der Waals surface area contributed by atoms with Crippen molar-refractivity contribution in [1.82, 2.24) is 0 Å². The summed E-state index contributed by atoms with van der Waals surface area (Å²) in [6, 6.07) is 0. The summed E-state index contributed by atoms with van der Waals surface area (Å²) in [7, 11) is 0. The highest BCUT2D eigenvalue weighted by Gasteiger charge is 1.93. The molecule has 0 aromatic rings. The molecule has 0 unspecified atom stereocenters. The summed E-state index contributed by atoms with van der Waals surface area (Å²) in [6.45, 7) is 4.30. The van der Waals surface area contributed by atoms with Crippen LogP contribution in [-0.2, 0) is 4.79 Å². The minimum Gasteiger partial charge on any atom is -0.281 e. The van der Waals surface area contributed by atoms with E-state index in [1.807, 2.05) is 0 Å². The SMILES string of the molecule is CC(C)/C=C/CCCCC(=O)Cl. The topological polar surface area (TPSA) is 17.1 Å². The van der Waals surface area contributed by atoms with Crippen molar-refractivity contribution < 1.29 is 4.79 Å². The standard InChI is InChI=1S/C10H17ClO/c1-9(2)7-5-3-4-6-8-10(11)12/h5,7,9H,3-4,6,8H2,1-2H3/b7-5+. The van der Waals surface area contributed by atoms with Gasteiger partial charge in [0.15, 0.2) is 0 Å².